The second kappa shape index (κ2) is 11.0. The molecule has 0 unspecified atom stereocenters. The summed E-state index contributed by atoms with van der Waals surface area (Å²) in [6.45, 7) is 3.30. The van der Waals surface area contributed by atoms with Crippen molar-refractivity contribution in [1.29, 1.82) is 0 Å². The molecule has 4 aliphatic rings. The Balaban J connectivity index is 1.04. The first kappa shape index (κ1) is 27.9. The van der Waals surface area contributed by atoms with E-state index in [-0.39, 0.29) is 16.8 Å². The Kier molecular flexibility index (Phi) is 7.27. The minimum Gasteiger partial charge on any atom is -0.493 e. The normalized spacial score (nSPS) is 23.4. The highest BCUT2D eigenvalue weighted by Crippen LogP contribution is 2.55. The summed E-state index contributed by atoms with van der Waals surface area (Å²) in [7, 11) is 0. The van der Waals surface area contributed by atoms with Crippen LogP contribution in [0.2, 0.25) is 10.0 Å². The second-order valence-electron chi connectivity index (χ2n) is 11.9. The standard InChI is InChI=1S/C32H32Cl2FN3O4/c1-2-39-26-5-12-37-25-14-24(35)27(13-20(25)26)40-18-31-6-9-32(10-7-31,11-8-31)41-17-21-29(38-42-30(21)19-3-4-19)28-22(33)15-36-16-23(28)34/h5,12-16,19H,2-4,6-11,17-18H2,1H3. The van der Waals surface area contributed by atoms with Crippen LogP contribution in [0.15, 0.2) is 41.3 Å². The van der Waals surface area contributed by atoms with Crippen molar-refractivity contribution in [3.8, 4) is 22.8 Å². The number of ether oxygens (including phenoxy) is 3. The number of fused-ring (bicyclic) bond motifs is 4. The lowest BCUT2D eigenvalue weighted by molar-refractivity contribution is -0.150. The van der Waals surface area contributed by atoms with E-state index < -0.39 is 5.82 Å². The van der Waals surface area contributed by atoms with Crippen LogP contribution in [0, 0.1) is 11.2 Å². The SMILES string of the molecule is CCOc1ccnc2cc(F)c(OCC34CCC(OCc5c(-c6c(Cl)cncc6Cl)noc5C5CC5)(CC3)CC4)cc12. The van der Waals surface area contributed by atoms with Gasteiger partial charge in [0.25, 0.3) is 0 Å². The van der Waals surface area contributed by atoms with E-state index in [1.54, 1.807) is 30.7 Å². The lowest BCUT2D eigenvalue weighted by Crippen LogP contribution is -2.49. The summed E-state index contributed by atoms with van der Waals surface area (Å²) < 4.78 is 39.4. The Hall–Kier alpha value is -2.94. The van der Waals surface area contributed by atoms with Crippen molar-refractivity contribution in [2.45, 2.75) is 76.4 Å². The number of hydrogen-bond donors (Lipinski definition) is 0. The van der Waals surface area contributed by atoms with Crippen molar-refractivity contribution in [2.24, 2.45) is 5.41 Å². The molecule has 42 heavy (non-hydrogen) atoms. The number of nitrogens with zero attached hydrogens (tertiary/aromatic N) is 3. The van der Waals surface area contributed by atoms with Gasteiger partial charge in [0.2, 0.25) is 0 Å². The van der Waals surface area contributed by atoms with E-state index in [0.717, 1.165) is 68.1 Å². The first-order valence-electron chi connectivity index (χ1n) is 14.6. The summed E-state index contributed by atoms with van der Waals surface area (Å²) in [5, 5.41) is 6.01. The van der Waals surface area contributed by atoms with Crippen molar-refractivity contribution >= 4 is 34.1 Å². The highest BCUT2D eigenvalue weighted by Gasteiger charge is 2.50. The molecule has 0 amide bonds. The number of hydrogen-bond acceptors (Lipinski definition) is 7. The number of benzene rings is 1. The molecule has 4 aromatic rings. The minimum absolute atomic E-state index is 0.00378. The van der Waals surface area contributed by atoms with Crippen molar-refractivity contribution in [2.75, 3.05) is 13.2 Å². The largest absolute Gasteiger partial charge is 0.493 e. The molecule has 10 heteroatoms. The zero-order chi connectivity index (χ0) is 28.9. The number of aromatic nitrogens is 3. The van der Waals surface area contributed by atoms with Gasteiger partial charge in [-0.15, -0.1) is 0 Å². The summed E-state index contributed by atoms with van der Waals surface area (Å²) in [6, 6.07) is 4.94. The molecule has 3 heterocycles. The van der Waals surface area contributed by atoms with Crippen LogP contribution in [0.1, 0.15) is 75.5 Å². The average molecular weight is 613 g/mol. The number of pyridine rings is 2. The molecule has 0 saturated heterocycles. The fraction of sp³-hybridized carbons (Fsp3) is 0.469. The zero-order valence-corrected chi connectivity index (χ0v) is 24.9. The fourth-order valence-corrected chi connectivity index (χ4v) is 7.14. The van der Waals surface area contributed by atoms with Crippen molar-refractivity contribution in [3.05, 3.63) is 64.0 Å². The van der Waals surface area contributed by atoms with Crippen LogP contribution in [0.3, 0.4) is 0 Å². The van der Waals surface area contributed by atoms with Crippen molar-refractivity contribution < 1.29 is 23.1 Å². The fourth-order valence-electron chi connectivity index (χ4n) is 6.59. The molecule has 0 N–H and O–H groups in total. The highest BCUT2D eigenvalue weighted by molar-refractivity contribution is 6.38. The Labute approximate surface area is 253 Å². The Bertz CT molecular complexity index is 1600. The Morgan fingerprint density at radius 2 is 1.74 bits per heavy atom. The van der Waals surface area contributed by atoms with E-state index in [4.69, 9.17) is 41.9 Å². The first-order chi connectivity index (χ1) is 20.4. The van der Waals surface area contributed by atoms with Crippen LogP contribution in [0.5, 0.6) is 11.5 Å². The quantitative estimate of drug-likeness (QED) is 0.177. The third-order valence-electron chi connectivity index (χ3n) is 9.30. The first-order valence-corrected chi connectivity index (χ1v) is 15.4. The molecule has 7 nitrogen and oxygen atoms in total. The third-order valence-corrected chi connectivity index (χ3v) is 9.87. The van der Waals surface area contributed by atoms with Gasteiger partial charge in [0.05, 0.1) is 41.0 Å². The predicted octanol–water partition coefficient (Wildman–Crippen LogP) is 8.70. The summed E-state index contributed by atoms with van der Waals surface area (Å²) in [4.78, 5) is 8.37. The van der Waals surface area contributed by atoms with Crippen LogP contribution < -0.4 is 9.47 Å². The van der Waals surface area contributed by atoms with Crippen LogP contribution in [0.25, 0.3) is 22.2 Å². The summed E-state index contributed by atoms with van der Waals surface area (Å²) in [6.07, 6.45) is 12.6. The third kappa shape index (κ3) is 5.12. The van der Waals surface area contributed by atoms with Gasteiger partial charge in [0, 0.05) is 52.5 Å². The molecule has 1 aromatic carbocycles. The lowest BCUT2D eigenvalue weighted by Gasteiger charge is -2.52. The molecular formula is C32H32Cl2FN3O4. The van der Waals surface area contributed by atoms with E-state index in [2.05, 4.69) is 15.1 Å². The smallest absolute Gasteiger partial charge is 0.167 e. The van der Waals surface area contributed by atoms with Crippen molar-refractivity contribution in [3.63, 3.8) is 0 Å². The van der Waals surface area contributed by atoms with Crippen LogP contribution in [0.4, 0.5) is 4.39 Å². The maximum absolute atomic E-state index is 15.0. The van der Waals surface area contributed by atoms with Gasteiger partial charge >= 0.3 is 0 Å². The van der Waals surface area contributed by atoms with E-state index >= 15 is 0 Å². The molecular weight excluding hydrogens is 580 g/mol. The Morgan fingerprint density at radius 1 is 1.00 bits per heavy atom. The minimum atomic E-state index is -0.408. The maximum Gasteiger partial charge on any atom is 0.167 e. The topological polar surface area (TPSA) is 79.5 Å². The Morgan fingerprint density at radius 3 is 2.43 bits per heavy atom. The van der Waals surface area contributed by atoms with Gasteiger partial charge in [-0.1, -0.05) is 28.4 Å². The number of rotatable bonds is 10. The molecule has 2 bridgehead atoms. The monoisotopic (exact) mass is 611 g/mol. The molecule has 8 rings (SSSR count). The van der Waals surface area contributed by atoms with E-state index in [9.17, 15) is 4.39 Å². The van der Waals surface area contributed by atoms with Gasteiger partial charge in [-0.3, -0.25) is 9.97 Å². The van der Waals surface area contributed by atoms with Crippen LogP contribution in [-0.4, -0.2) is 33.9 Å². The van der Waals surface area contributed by atoms with Gasteiger partial charge in [-0.05, 0) is 70.4 Å². The van der Waals surface area contributed by atoms with Crippen molar-refractivity contribution in [1.82, 2.24) is 15.1 Å². The van der Waals surface area contributed by atoms with Crippen LogP contribution >= 0.6 is 23.2 Å². The summed E-state index contributed by atoms with van der Waals surface area (Å²) in [5.41, 5.74) is 2.54. The molecule has 0 spiro atoms. The summed E-state index contributed by atoms with van der Waals surface area (Å²) >= 11 is 13.0. The highest BCUT2D eigenvalue weighted by atomic mass is 35.5. The molecule has 0 atom stereocenters. The molecule has 4 fully saturated rings. The predicted molar refractivity (Wildman–Crippen MR) is 158 cm³/mol. The van der Waals surface area contributed by atoms with Gasteiger partial charge in [0.1, 0.15) is 17.2 Å². The van der Waals surface area contributed by atoms with E-state index in [0.29, 0.717) is 58.3 Å². The van der Waals surface area contributed by atoms with Crippen LogP contribution in [-0.2, 0) is 11.3 Å². The molecule has 4 saturated carbocycles. The molecule has 0 radical (unpaired) electrons. The lowest BCUT2D eigenvalue weighted by atomic mass is 9.59. The van der Waals surface area contributed by atoms with E-state index in [1.165, 1.54) is 6.07 Å². The second-order valence-corrected chi connectivity index (χ2v) is 12.7. The zero-order valence-electron chi connectivity index (χ0n) is 23.4. The number of halogens is 3. The average Bonchev–Trinajstić information content (AvgIpc) is 3.76. The van der Waals surface area contributed by atoms with Gasteiger partial charge in [-0.25, -0.2) is 4.39 Å². The molecule has 0 aliphatic heterocycles. The van der Waals surface area contributed by atoms with E-state index in [1.807, 2.05) is 6.92 Å². The maximum atomic E-state index is 15.0. The summed E-state index contributed by atoms with van der Waals surface area (Å²) in [5.74, 6) is 1.75. The molecule has 4 aliphatic carbocycles. The van der Waals surface area contributed by atoms with Gasteiger partial charge in [-0.2, -0.15) is 0 Å². The molecule has 220 valence electrons. The van der Waals surface area contributed by atoms with Gasteiger partial charge < -0.3 is 18.7 Å². The van der Waals surface area contributed by atoms with Gasteiger partial charge in [0.15, 0.2) is 11.6 Å². The molecule has 3 aromatic heterocycles.